The molecule has 0 heterocycles. The van der Waals surface area contributed by atoms with Gasteiger partial charge < -0.3 is 4.74 Å². The molecule has 0 spiro atoms. The first-order valence-electron chi connectivity index (χ1n) is 10.5. The Labute approximate surface area is 166 Å². The first-order chi connectivity index (χ1) is 13.0. The molecule has 0 aliphatic heterocycles. The average molecular weight is 365 g/mol. The minimum Gasteiger partial charge on any atom is -0.494 e. The number of allylic oxidation sites excluding steroid dienone is 1. The maximum Gasteiger partial charge on any atom is 0.119 e. The van der Waals surface area contributed by atoms with Crippen LogP contribution in [0.2, 0.25) is 0 Å². The van der Waals surface area contributed by atoms with Crippen molar-refractivity contribution in [2.24, 2.45) is 11.8 Å². The fraction of sp³-hybridized carbons (Fsp3) is 0.462. The van der Waals surface area contributed by atoms with Gasteiger partial charge in [0.2, 0.25) is 0 Å². The first-order valence-corrected chi connectivity index (χ1v) is 10.5. The van der Waals surface area contributed by atoms with Gasteiger partial charge in [0.05, 0.1) is 6.61 Å². The fourth-order valence-corrected chi connectivity index (χ4v) is 3.40. The van der Waals surface area contributed by atoms with Gasteiger partial charge in [0, 0.05) is 0 Å². The van der Waals surface area contributed by atoms with Crippen LogP contribution in [0.25, 0.3) is 17.2 Å². The molecule has 0 aliphatic rings. The van der Waals surface area contributed by atoms with Crippen molar-refractivity contribution in [1.82, 2.24) is 0 Å². The Hall–Kier alpha value is -2.02. The van der Waals surface area contributed by atoms with E-state index in [2.05, 4.69) is 89.2 Å². The number of hydrogen-bond acceptors (Lipinski definition) is 1. The Morgan fingerprint density at radius 3 is 2.52 bits per heavy atom. The van der Waals surface area contributed by atoms with Crippen molar-refractivity contribution in [3.63, 3.8) is 0 Å². The van der Waals surface area contributed by atoms with Crippen LogP contribution in [0.4, 0.5) is 0 Å². The van der Waals surface area contributed by atoms with E-state index in [1.807, 2.05) is 0 Å². The molecule has 0 bridgehead atoms. The van der Waals surface area contributed by atoms with E-state index in [0.29, 0.717) is 0 Å². The third-order valence-electron chi connectivity index (χ3n) is 5.12. The van der Waals surface area contributed by atoms with Gasteiger partial charge in [-0.05, 0) is 72.6 Å². The molecule has 2 rings (SSSR count). The van der Waals surface area contributed by atoms with Gasteiger partial charge in [-0.15, -0.1) is 0 Å². The van der Waals surface area contributed by atoms with Gasteiger partial charge in [-0.3, -0.25) is 0 Å². The zero-order chi connectivity index (χ0) is 19.6. The van der Waals surface area contributed by atoms with E-state index < -0.39 is 0 Å². The Morgan fingerprint density at radius 2 is 1.78 bits per heavy atom. The zero-order valence-electron chi connectivity index (χ0n) is 17.8. The molecule has 27 heavy (non-hydrogen) atoms. The quantitative estimate of drug-likeness (QED) is 0.416. The van der Waals surface area contributed by atoms with Crippen LogP contribution in [0.3, 0.4) is 0 Å². The van der Waals surface area contributed by atoms with Gasteiger partial charge in [0.15, 0.2) is 0 Å². The molecule has 1 atom stereocenters. The van der Waals surface area contributed by atoms with Crippen LogP contribution >= 0.6 is 0 Å². The maximum absolute atomic E-state index is 6.07. The van der Waals surface area contributed by atoms with Crippen molar-refractivity contribution < 1.29 is 4.74 Å². The lowest BCUT2D eigenvalue weighted by atomic mass is 9.97. The van der Waals surface area contributed by atoms with E-state index in [1.165, 1.54) is 41.5 Å². The van der Waals surface area contributed by atoms with Crippen LogP contribution in [0.5, 0.6) is 5.75 Å². The second-order valence-corrected chi connectivity index (χ2v) is 8.17. The lowest BCUT2D eigenvalue weighted by molar-refractivity contribution is 0.276. The predicted octanol–water partition coefficient (Wildman–Crippen LogP) is 7.93. The molecule has 2 aromatic carbocycles. The van der Waals surface area contributed by atoms with Crippen molar-refractivity contribution in [1.29, 1.82) is 0 Å². The summed E-state index contributed by atoms with van der Waals surface area (Å²) >= 11 is 0. The molecule has 0 amide bonds. The molecular weight excluding hydrogens is 328 g/mol. The monoisotopic (exact) mass is 364 g/mol. The molecule has 0 fully saturated rings. The Kier molecular flexibility index (Phi) is 8.64. The number of hydrogen-bond donors (Lipinski definition) is 0. The van der Waals surface area contributed by atoms with Gasteiger partial charge in [-0.2, -0.15) is 0 Å². The van der Waals surface area contributed by atoms with Crippen molar-refractivity contribution in [2.75, 3.05) is 6.61 Å². The van der Waals surface area contributed by atoms with Crippen molar-refractivity contribution >= 4 is 6.08 Å². The normalized spacial score (nSPS) is 12.7. The van der Waals surface area contributed by atoms with Crippen LogP contribution in [0.1, 0.15) is 64.5 Å². The SMILES string of the molecule is CC=Cc1ccc(C)c(-c2cccc(OCCC(C)CCCC(C)C)c2)c1. The van der Waals surface area contributed by atoms with E-state index in [0.717, 1.165) is 30.6 Å². The lowest BCUT2D eigenvalue weighted by Gasteiger charge is -2.14. The number of ether oxygens (including phenoxy) is 1. The van der Waals surface area contributed by atoms with Crippen LogP contribution in [-0.4, -0.2) is 6.61 Å². The van der Waals surface area contributed by atoms with Gasteiger partial charge in [-0.25, -0.2) is 0 Å². The fourth-order valence-electron chi connectivity index (χ4n) is 3.40. The highest BCUT2D eigenvalue weighted by Gasteiger charge is 2.06. The predicted molar refractivity (Wildman–Crippen MR) is 119 cm³/mol. The van der Waals surface area contributed by atoms with Crippen LogP contribution in [0, 0.1) is 18.8 Å². The van der Waals surface area contributed by atoms with Crippen LogP contribution in [0.15, 0.2) is 48.5 Å². The van der Waals surface area contributed by atoms with Crippen LogP contribution < -0.4 is 4.74 Å². The molecule has 0 N–H and O–H groups in total. The minimum atomic E-state index is 0.728. The second-order valence-electron chi connectivity index (χ2n) is 8.17. The number of aryl methyl sites for hydroxylation is 1. The third kappa shape index (κ3) is 7.25. The Balaban J connectivity index is 1.95. The molecule has 146 valence electrons. The Morgan fingerprint density at radius 1 is 0.963 bits per heavy atom. The third-order valence-corrected chi connectivity index (χ3v) is 5.12. The standard InChI is InChI=1S/C26H36O/c1-6-9-23-15-14-22(5)26(18-23)24-12-8-13-25(19-24)27-17-16-21(4)11-7-10-20(2)3/h6,8-9,12-15,18-21H,7,10-11,16-17H2,1-5H3. The smallest absolute Gasteiger partial charge is 0.119 e. The van der Waals surface area contributed by atoms with Crippen molar-refractivity contribution in [3.05, 3.63) is 59.7 Å². The number of benzene rings is 2. The summed E-state index contributed by atoms with van der Waals surface area (Å²) in [4.78, 5) is 0. The van der Waals surface area contributed by atoms with E-state index in [4.69, 9.17) is 4.74 Å². The molecule has 1 heteroatoms. The summed E-state index contributed by atoms with van der Waals surface area (Å²) in [5.41, 5.74) is 5.03. The molecule has 0 aromatic heterocycles. The van der Waals surface area contributed by atoms with E-state index in [9.17, 15) is 0 Å². The molecule has 0 saturated carbocycles. The Bertz CT molecular complexity index is 727. The summed E-state index contributed by atoms with van der Waals surface area (Å²) < 4.78 is 6.07. The number of rotatable bonds is 10. The molecular formula is C26H36O. The van der Waals surface area contributed by atoms with E-state index >= 15 is 0 Å². The van der Waals surface area contributed by atoms with E-state index in [-0.39, 0.29) is 0 Å². The van der Waals surface area contributed by atoms with Gasteiger partial charge in [-0.1, -0.05) is 76.5 Å². The lowest BCUT2D eigenvalue weighted by Crippen LogP contribution is -2.05. The summed E-state index contributed by atoms with van der Waals surface area (Å²) in [7, 11) is 0. The molecule has 1 unspecified atom stereocenters. The maximum atomic E-state index is 6.07. The zero-order valence-corrected chi connectivity index (χ0v) is 17.8. The summed E-state index contributed by atoms with van der Waals surface area (Å²) in [6.45, 7) is 12.0. The van der Waals surface area contributed by atoms with Gasteiger partial charge >= 0.3 is 0 Å². The van der Waals surface area contributed by atoms with Gasteiger partial charge in [0.25, 0.3) is 0 Å². The van der Waals surface area contributed by atoms with Crippen molar-refractivity contribution in [3.8, 4) is 16.9 Å². The highest BCUT2D eigenvalue weighted by molar-refractivity contribution is 5.71. The molecule has 0 saturated heterocycles. The van der Waals surface area contributed by atoms with Crippen molar-refractivity contribution in [2.45, 2.75) is 60.3 Å². The highest BCUT2D eigenvalue weighted by atomic mass is 16.5. The van der Waals surface area contributed by atoms with Gasteiger partial charge in [0.1, 0.15) is 5.75 Å². The highest BCUT2D eigenvalue weighted by Crippen LogP contribution is 2.28. The second kappa shape index (κ2) is 11.0. The first kappa shape index (κ1) is 21.3. The molecule has 2 aromatic rings. The summed E-state index contributed by atoms with van der Waals surface area (Å²) in [5.74, 6) is 2.51. The topological polar surface area (TPSA) is 9.23 Å². The molecule has 0 aliphatic carbocycles. The molecule has 0 radical (unpaired) electrons. The summed E-state index contributed by atoms with van der Waals surface area (Å²) in [5, 5.41) is 0. The van der Waals surface area contributed by atoms with Crippen LogP contribution in [-0.2, 0) is 0 Å². The minimum absolute atomic E-state index is 0.728. The average Bonchev–Trinajstić information content (AvgIpc) is 2.63. The summed E-state index contributed by atoms with van der Waals surface area (Å²) in [6, 6.07) is 15.1. The largest absolute Gasteiger partial charge is 0.494 e. The summed E-state index contributed by atoms with van der Waals surface area (Å²) in [6.07, 6.45) is 9.31. The molecule has 1 nitrogen and oxygen atoms in total. The van der Waals surface area contributed by atoms with E-state index in [1.54, 1.807) is 0 Å².